The van der Waals surface area contributed by atoms with E-state index in [1.54, 1.807) is 24.4 Å². The molecule has 1 aromatic heterocycles. The zero-order valence-electron chi connectivity index (χ0n) is 13.5. The topological polar surface area (TPSA) is 57.3 Å². The molecule has 2 N–H and O–H groups in total. The zero-order valence-corrected chi connectivity index (χ0v) is 15.0. The van der Waals surface area contributed by atoms with Crippen LogP contribution in [0.25, 0.3) is 0 Å². The van der Waals surface area contributed by atoms with Crippen LogP contribution in [0.2, 0.25) is 10.0 Å². The standard InChI is InChI=1S/C18H18Cl2N4O/c19-15-4-3-13(6-16(15)20)23-17-14(2-1-5-22-17)18(25)24-9-11-7-21-8-12(11)10-24/h1-6,11-12,21H,7-10H2,(H,22,23)/t11-,12+. The summed E-state index contributed by atoms with van der Waals surface area (Å²) in [6.45, 7) is 3.60. The van der Waals surface area contributed by atoms with Gasteiger partial charge in [-0.25, -0.2) is 4.98 Å². The van der Waals surface area contributed by atoms with E-state index in [1.807, 2.05) is 17.0 Å². The zero-order chi connectivity index (χ0) is 17.4. The predicted octanol–water partition coefficient (Wildman–Crippen LogP) is 3.42. The Morgan fingerprint density at radius 1 is 1.16 bits per heavy atom. The molecule has 2 atom stereocenters. The maximum Gasteiger partial charge on any atom is 0.257 e. The number of hydrogen-bond donors (Lipinski definition) is 2. The Labute approximate surface area is 156 Å². The Kier molecular flexibility index (Phi) is 4.54. The molecule has 4 rings (SSSR count). The highest BCUT2D eigenvalue weighted by atomic mass is 35.5. The van der Waals surface area contributed by atoms with Gasteiger partial charge in [0.25, 0.3) is 5.91 Å². The summed E-state index contributed by atoms with van der Waals surface area (Å²) in [4.78, 5) is 19.3. The normalized spacial score (nSPS) is 22.1. The number of anilines is 2. The number of likely N-dealkylation sites (tertiary alicyclic amines) is 1. The average molecular weight is 377 g/mol. The number of hydrogen-bond acceptors (Lipinski definition) is 4. The van der Waals surface area contributed by atoms with E-state index in [0.717, 1.165) is 31.9 Å². The van der Waals surface area contributed by atoms with Crippen LogP contribution in [-0.4, -0.2) is 42.0 Å². The van der Waals surface area contributed by atoms with Crippen LogP contribution in [0.15, 0.2) is 36.5 Å². The van der Waals surface area contributed by atoms with Gasteiger partial charge in [0, 0.05) is 38.1 Å². The molecule has 25 heavy (non-hydrogen) atoms. The fraction of sp³-hybridized carbons (Fsp3) is 0.333. The van der Waals surface area contributed by atoms with E-state index in [2.05, 4.69) is 15.6 Å². The Hall–Kier alpha value is -1.82. The molecule has 2 saturated heterocycles. The number of amides is 1. The smallest absolute Gasteiger partial charge is 0.257 e. The fourth-order valence-corrected chi connectivity index (χ4v) is 3.88. The van der Waals surface area contributed by atoms with E-state index >= 15 is 0 Å². The van der Waals surface area contributed by atoms with Crippen LogP contribution in [0, 0.1) is 11.8 Å². The van der Waals surface area contributed by atoms with Crippen LogP contribution >= 0.6 is 23.2 Å². The van der Waals surface area contributed by atoms with Gasteiger partial charge in [-0.1, -0.05) is 23.2 Å². The highest BCUT2D eigenvalue weighted by molar-refractivity contribution is 6.42. The van der Waals surface area contributed by atoms with Gasteiger partial charge in [0.05, 0.1) is 15.6 Å². The quantitative estimate of drug-likeness (QED) is 0.861. The monoisotopic (exact) mass is 376 g/mol. The van der Waals surface area contributed by atoms with Crippen molar-refractivity contribution in [1.82, 2.24) is 15.2 Å². The Bertz CT molecular complexity index is 801. The molecule has 0 saturated carbocycles. The van der Waals surface area contributed by atoms with E-state index in [-0.39, 0.29) is 5.91 Å². The van der Waals surface area contributed by atoms with Gasteiger partial charge < -0.3 is 15.5 Å². The van der Waals surface area contributed by atoms with Crippen LogP contribution in [-0.2, 0) is 0 Å². The third kappa shape index (κ3) is 3.32. The molecule has 2 aliphatic heterocycles. The lowest BCUT2D eigenvalue weighted by Gasteiger charge is -2.19. The number of aromatic nitrogens is 1. The molecule has 7 heteroatoms. The van der Waals surface area contributed by atoms with Crippen molar-refractivity contribution in [2.24, 2.45) is 11.8 Å². The molecule has 0 aliphatic carbocycles. The van der Waals surface area contributed by atoms with Gasteiger partial charge in [-0.15, -0.1) is 0 Å². The lowest BCUT2D eigenvalue weighted by molar-refractivity contribution is 0.0782. The van der Waals surface area contributed by atoms with E-state index in [4.69, 9.17) is 23.2 Å². The van der Waals surface area contributed by atoms with Crippen molar-refractivity contribution in [3.05, 3.63) is 52.1 Å². The summed E-state index contributed by atoms with van der Waals surface area (Å²) in [5.41, 5.74) is 1.31. The van der Waals surface area contributed by atoms with Crippen molar-refractivity contribution in [1.29, 1.82) is 0 Å². The van der Waals surface area contributed by atoms with Gasteiger partial charge in [0.1, 0.15) is 5.82 Å². The third-order valence-corrected chi connectivity index (χ3v) is 5.64. The molecule has 5 nitrogen and oxygen atoms in total. The number of carbonyl (C=O) groups is 1. The molecule has 3 heterocycles. The summed E-state index contributed by atoms with van der Waals surface area (Å²) in [6.07, 6.45) is 1.67. The summed E-state index contributed by atoms with van der Waals surface area (Å²) in [5, 5.41) is 7.51. The summed E-state index contributed by atoms with van der Waals surface area (Å²) in [7, 11) is 0. The first kappa shape index (κ1) is 16.6. The average Bonchev–Trinajstić information content (AvgIpc) is 3.20. The third-order valence-electron chi connectivity index (χ3n) is 4.90. The molecule has 1 amide bonds. The highest BCUT2D eigenvalue weighted by Crippen LogP contribution is 2.30. The predicted molar refractivity (Wildman–Crippen MR) is 99.7 cm³/mol. The number of halogens is 2. The maximum atomic E-state index is 13.0. The van der Waals surface area contributed by atoms with Crippen molar-refractivity contribution in [2.75, 3.05) is 31.5 Å². The van der Waals surface area contributed by atoms with Crippen LogP contribution in [0.5, 0.6) is 0 Å². The first-order valence-electron chi connectivity index (χ1n) is 8.29. The number of benzene rings is 1. The number of pyridine rings is 1. The number of nitrogens with zero attached hydrogens (tertiary/aromatic N) is 2. The van der Waals surface area contributed by atoms with Gasteiger partial charge in [0.15, 0.2) is 0 Å². The van der Waals surface area contributed by atoms with Crippen LogP contribution in [0.1, 0.15) is 10.4 Å². The molecular formula is C18H18Cl2N4O. The summed E-state index contributed by atoms with van der Waals surface area (Å²) < 4.78 is 0. The lowest BCUT2D eigenvalue weighted by atomic mass is 10.0. The number of carbonyl (C=O) groups excluding carboxylic acids is 1. The first-order chi connectivity index (χ1) is 12.1. The minimum Gasteiger partial charge on any atom is -0.340 e. The molecule has 2 aliphatic rings. The van der Waals surface area contributed by atoms with Crippen LogP contribution in [0.3, 0.4) is 0 Å². The Balaban J connectivity index is 1.56. The number of fused-ring (bicyclic) bond motifs is 1. The largest absolute Gasteiger partial charge is 0.340 e. The number of rotatable bonds is 3. The molecule has 2 aromatic rings. The van der Waals surface area contributed by atoms with E-state index < -0.39 is 0 Å². The highest BCUT2D eigenvalue weighted by Gasteiger charge is 2.38. The second-order valence-corrected chi connectivity index (χ2v) is 7.36. The summed E-state index contributed by atoms with van der Waals surface area (Å²) in [6, 6.07) is 8.83. The summed E-state index contributed by atoms with van der Waals surface area (Å²) >= 11 is 12.0. The molecule has 130 valence electrons. The Morgan fingerprint density at radius 2 is 1.92 bits per heavy atom. The molecule has 1 aromatic carbocycles. The lowest BCUT2D eigenvalue weighted by Crippen LogP contribution is -2.32. The molecule has 0 unspecified atom stereocenters. The molecule has 0 radical (unpaired) electrons. The fourth-order valence-electron chi connectivity index (χ4n) is 3.58. The first-order valence-corrected chi connectivity index (χ1v) is 9.04. The van der Waals surface area contributed by atoms with Gasteiger partial charge in [-0.05, 0) is 42.2 Å². The molecular weight excluding hydrogens is 359 g/mol. The minimum atomic E-state index is 0.0186. The maximum absolute atomic E-state index is 13.0. The second kappa shape index (κ2) is 6.83. The van der Waals surface area contributed by atoms with Gasteiger partial charge in [-0.2, -0.15) is 0 Å². The molecule has 2 fully saturated rings. The van der Waals surface area contributed by atoms with Crippen molar-refractivity contribution >= 4 is 40.6 Å². The van der Waals surface area contributed by atoms with Crippen LogP contribution in [0.4, 0.5) is 11.5 Å². The SMILES string of the molecule is O=C(c1cccnc1Nc1ccc(Cl)c(Cl)c1)N1C[C@H]2CNC[C@H]2C1. The Morgan fingerprint density at radius 3 is 2.64 bits per heavy atom. The van der Waals surface area contributed by atoms with Crippen LogP contribution < -0.4 is 10.6 Å². The molecule has 0 spiro atoms. The van der Waals surface area contributed by atoms with Crippen molar-refractivity contribution in [3.8, 4) is 0 Å². The summed E-state index contributed by atoms with van der Waals surface area (Å²) in [5.74, 6) is 1.67. The van der Waals surface area contributed by atoms with Gasteiger partial charge in [-0.3, -0.25) is 4.79 Å². The van der Waals surface area contributed by atoms with E-state index in [0.29, 0.717) is 33.3 Å². The second-order valence-electron chi connectivity index (χ2n) is 6.54. The van der Waals surface area contributed by atoms with Crippen molar-refractivity contribution in [2.45, 2.75) is 0 Å². The van der Waals surface area contributed by atoms with E-state index in [1.165, 1.54) is 0 Å². The van der Waals surface area contributed by atoms with Crippen molar-refractivity contribution < 1.29 is 4.79 Å². The van der Waals surface area contributed by atoms with Gasteiger partial charge in [0.2, 0.25) is 0 Å². The molecule has 0 bridgehead atoms. The number of nitrogens with one attached hydrogen (secondary N) is 2. The minimum absolute atomic E-state index is 0.0186. The van der Waals surface area contributed by atoms with E-state index in [9.17, 15) is 4.79 Å². The van der Waals surface area contributed by atoms with Crippen molar-refractivity contribution in [3.63, 3.8) is 0 Å². The van der Waals surface area contributed by atoms with Gasteiger partial charge >= 0.3 is 0 Å².